The standard InChI is InChI=1S/C16H19NO/c1-12(18)14-8-5-9-16-15(14)10-11-17(16)13-6-3-2-4-7-13/h5,8-11,13H,2-4,6-7H2,1H3. The third kappa shape index (κ3) is 1.86. The van der Waals surface area contributed by atoms with Gasteiger partial charge < -0.3 is 4.57 Å². The first-order chi connectivity index (χ1) is 8.77. The van der Waals surface area contributed by atoms with Gasteiger partial charge in [0.2, 0.25) is 0 Å². The highest BCUT2D eigenvalue weighted by Crippen LogP contribution is 2.32. The summed E-state index contributed by atoms with van der Waals surface area (Å²) in [7, 11) is 0. The fourth-order valence-electron chi connectivity index (χ4n) is 3.17. The van der Waals surface area contributed by atoms with Crippen LogP contribution in [0.5, 0.6) is 0 Å². The molecule has 18 heavy (non-hydrogen) atoms. The van der Waals surface area contributed by atoms with Crippen LogP contribution >= 0.6 is 0 Å². The molecular formula is C16H19NO. The van der Waals surface area contributed by atoms with E-state index in [1.54, 1.807) is 6.92 Å². The molecule has 2 nitrogen and oxygen atoms in total. The van der Waals surface area contributed by atoms with Crippen molar-refractivity contribution < 1.29 is 4.79 Å². The number of fused-ring (bicyclic) bond motifs is 1. The molecule has 2 heteroatoms. The zero-order chi connectivity index (χ0) is 12.5. The highest BCUT2D eigenvalue weighted by Gasteiger charge is 2.17. The van der Waals surface area contributed by atoms with Gasteiger partial charge in [0, 0.05) is 28.7 Å². The van der Waals surface area contributed by atoms with Crippen LogP contribution in [0.2, 0.25) is 0 Å². The summed E-state index contributed by atoms with van der Waals surface area (Å²) in [5, 5.41) is 1.11. The van der Waals surface area contributed by atoms with E-state index in [0.717, 1.165) is 10.9 Å². The molecule has 0 bridgehead atoms. The Balaban J connectivity index is 2.08. The van der Waals surface area contributed by atoms with Gasteiger partial charge in [0.05, 0.1) is 0 Å². The first kappa shape index (κ1) is 11.5. The number of benzene rings is 1. The second kappa shape index (κ2) is 4.60. The average Bonchev–Trinajstić information content (AvgIpc) is 2.83. The second-order valence-electron chi connectivity index (χ2n) is 5.31. The zero-order valence-electron chi connectivity index (χ0n) is 10.9. The van der Waals surface area contributed by atoms with Crippen LogP contribution in [0.25, 0.3) is 10.9 Å². The maximum Gasteiger partial charge on any atom is 0.160 e. The van der Waals surface area contributed by atoms with Gasteiger partial charge in [-0.25, -0.2) is 0 Å². The van der Waals surface area contributed by atoms with E-state index in [1.807, 2.05) is 12.1 Å². The molecule has 0 amide bonds. The SMILES string of the molecule is CC(=O)c1cccc2c1ccn2C1CCCCC1. The Bertz CT molecular complexity index is 576. The molecule has 1 heterocycles. The van der Waals surface area contributed by atoms with E-state index in [2.05, 4.69) is 22.9 Å². The van der Waals surface area contributed by atoms with Crippen molar-refractivity contribution in [1.82, 2.24) is 4.57 Å². The molecule has 0 unspecified atom stereocenters. The first-order valence-corrected chi connectivity index (χ1v) is 6.88. The highest BCUT2D eigenvalue weighted by atomic mass is 16.1. The number of nitrogens with zero attached hydrogens (tertiary/aromatic N) is 1. The topological polar surface area (TPSA) is 22.0 Å². The summed E-state index contributed by atoms with van der Waals surface area (Å²) in [4.78, 5) is 11.6. The molecule has 2 aromatic rings. The van der Waals surface area contributed by atoms with Crippen molar-refractivity contribution in [3.05, 3.63) is 36.0 Å². The summed E-state index contributed by atoms with van der Waals surface area (Å²) >= 11 is 0. The van der Waals surface area contributed by atoms with Crippen LogP contribution in [0.15, 0.2) is 30.5 Å². The molecule has 0 aliphatic heterocycles. The van der Waals surface area contributed by atoms with E-state index in [1.165, 1.54) is 37.6 Å². The Hall–Kier alpha value is -1.57. The number of aromatic nitrogens is 1. The van der Waals surface area contributed by atoms with Crippen LogP contribution in [-0.4, -0.2) is 10.4 Å². The molecule has 1 aliphatic rings. The quantitative estimate of drug-likeness (QED) is 0.716. The number of carbonyl (C=O) groups excluding carboxylic acids is 1. The van der Waals surface area contributed by atoms with E-state index in [-0.39, 0.29) is 5.78 Å². The lowest BCUT2D eigenvalue weighted by molar-refractivity contribution is 0.101. The minimum Gasteiger partial charge on any atom is -0.344 e. The Morgan fingerprint density at radius 3 is 2.67 bits per heavy atom. The monoisotopic (exact) mass is 241 g/mol. The number of carbonyl (C=O) groups is 1. The van der Waals surface area contributed by atoms with Crippen LogP contribution in [0.1, 0.15) is 55.4 Å². The van der Waals surface area contributed by atoms with E-state index in [4.69, 9.17) is 0 Å². The minimum atomic E-state index is 0.155. The number of rotatable bonds is 2. The van der Waals surface area contributed by atoms with Gasteiger partial charge in [0.15, 0.2) is 5.78 Å². The van der Waals surface area contributed by atoms with E-state index in [0.29, 0.717) is 6.04 Å². The smallest absolute Gasteiger partial charge is 0.160 e. The fourth-order valence-corrected chi connectivity index (χ4v) is 3.17. The maximum atomic E-state index is 11.6. The summed E-state index contributed by atoms with van der Waals surface area (Å²) in [5.41, 5.74) is 2.07. The highest BCUT2D eigenvalue weighted by molar-refractivity contribution is 6.06. The van der Waals surface area contributed by atoms with Gasteiger partial charge in [0.25, 0.3) is 0 Å². The Kier molecular flexibility index (Phi) is 2.94. The van der Waals surface area contributed by atoms with Gasteiger partial charge >= 0.3 is 0 Å². The van der Waals surface area contributed by atoms with Crippen LogP contribution < -0.4 is 0 Å². The molecular weight excluding hydrogens is 222 g/mol. The maximum absolute atomic E-state index is 11.6. The van der Waals surface area contributed by atoms with Gasteiger partial charge in [-0.1, -0.05) is 31.4 Å². The van der Waals surface area contributed by atoms with Crippen LogP contribution in [0.3, 0.4) is 0 Å². The molecule has 94 valence electrons. The summed E-state index contributed by atoms with van der Waals surface area (Å²) in [6, 6.07) is 8.78. The van der Waals surface area contributed by atoms with Crippen LogP contribution in [-0.2, 0) is 0 Å². The molecule has 1 saturated carbocycles. The lowest BCUT2D eigenvalue weighted by Crippen LogP contribution is -2.11. The summed E-state index contributed by atoms with van der Waals surface area (Å²) in [5.74, 6) is 0.155. The first-order valence-electron chi connectivity index (χ1n) is 6.88. The lowest BCUT2D eigenvalue weighted by Gasteiger charge is -2.24. The normalized spacial score (nSPS) is 17.2. The average molecular weight is 241 g/mol. The van der Waals surface area contributed by atoms with Crippen molar-refractivity contribution in [2.24, 2.45) is 0 Å². The zero-order valence-corrected chi connectivity index (χ0v) is 10.9. The molecule has 0 N–H and O–H groups in total. The summed E-state index contributed by atoms with van der Waals surface area (Å²) in [6.07, 6.45) is 8.73. The lowest BCUT2D eigenvalue weighted by atomic mass is 9.95. The third-order valence-electron chi connectivity index (χ3n) is 4.11. The largest absolute Gasteiger partial charge is 0.344 e. The predicted octanol–water partition coefficient (Wildman–Crippen LogP) is 4.35. The van der Waals surface area contributed by atoms with E-state index in [9.17, 15) is 4.79 Å². The van der Waals surface area contributed by atoms with Crippen LogP contribution in [0, 0.1) is 0 Å². The van der Waals surface area contributed by atoms with Gasteiger partial charge in [0.1, 0.15) is 0 Å². The van der Waals surface area contributed by atoms with Gasteiger partial charge in [-0.05, 0) is 31.9 Å². The second-order valence-corrected chi connectivity index (χ2v) is 5.31. The number of Topliss-reactive ketones (excluding diaryl/α,β-unsaturated/α-hetero) is 1. The Labute approximate surface area is 108 Å². The van der Waals surface area contributed by atoms with Gasteiger partial charge in [-0.15, -0.1) is 0 Å². The van der Waals surface area contributed by atoms with Gasteiger partial charge in [-0.3, -0.25) is 4.79 Å². The number of hydrogen-bond donors (Lipinski definition) is 0. The van der Waals surface area contributed by atoms with Gasteiger partial charge in [-0.2, -0.15) is 0 Å². The molecule has 0 radical (unpaired) electrons. The van der Waals surface area contributed by atoms with Crippen molar-refractivity contribution in [1.29, 1.82) is 0 Å². The predicted molar refractivity (Wildman–Crippen MR) is 74.1 cm³/mol. The molecule has 0 saturated heterocycles. The Morgan fingerprint density at radius 1 is 1.17 bits per heavy atom. The summed E-state index contributed by atoms with van der Waals surface area (Å²) in [6.45, 7) is 1.65. The molecule has 1 aromatic carbocycles. The van der Waals surface area contributed by atoms with Crippen LogP contribution in [0.4, 0.5) is 0 Å². The number of ketones is 1. The van der Waals surface area contributed by atoms with Crippen molar-refractivity contribution >= 4 is 16.7 Å². The molecule has 0 spiro atoms. The molecule has 3 rings (SSSR count). The Morgan fingerprint density at radius 2 is 1.94 bits per heavy atom. The van der Waals surface area contributed by atoms with E-state index < -0.39 is 0 Å². The molecule has 0 atom stereocenters. The minimum absolute atomic E-state index is 0.155. The van der Waals surface area contributed by atoms with Crippen molar-refractivity contribution in [3.63, 3.8) is 0 Å². The molecule has 1 fully saturated rings. The molecule has 1 aromatic heterocycles. The third-order valence-corrected chi connectivity index (χ3v) is 4.11. The van der Waals surface area contributed by atoms with Crippen molar-refractivity contribution in [3.8, 4) is 0 Å². The fraction of sp³-hybridized carbons (Fsp3) is 0.438. The molecule has 1 aliphatic carbocycles. The van der Waals surface area contributed by atoms with Crippen molar-refractivity contribution in [2.75, 3.05) is 0 Å². The van der Waals surface area contributed by atoms with Crippen molar-refractivity contribution in [2.45, 2.75) is 45.1 Å². The van der Waals surface area contributed by atoms with E-state index >= 15 is 0 Å². The number of hydrogen-bond acceptors (Lipinski definition) is 1. The summed E-state index contributed by atoms with van der Waals surface area (Å²) < 4.78 is 2.38.